The minimum atomic E-state index is 0. The molecule has 136 valence electrons. The first-order valence-corrected chi connectivity index (χ1v) is 8.08. The molecule has 2 aromatic carbocycles. The van der Waals surface area contributed by atoms with Crippen LogP contribution in [0.2, 0.25) is 0 Å². The third-order valence-electron chi connectivity index (χ3n) is 3.58. The maximum Gasteiger partial charge on any atom is 0.193 e. The van der Waals surface area contributed by atoms with E-state index in [1.54, 1.807) is 7.11 Å². The summed E-state index contributed by atoms with van der Waals surface area (Å²) < 4.78 is 10.7. The summed E-state index contributed by atoms with van der Waals surface area (Å²) in [6.07, 6.45) is 1.02. The van der Waals surface area contributed by atoms with Crippen LogP contribution in [0.25, 0.3) is 0 Å². The predicted molar refractivity (Wildman–Crippen MR) is 114 cm³/mol. The zero-order valence-corrected chi connectivity index (χ0v) is 17.0. The lowest BCUT2D eigenvalue weighted by Gasteiger charge is -2.07. The summed E-state index contributed by atoms with van der Waals surface area (Å²) >= 11 is 0. The van der Waals surface area contributed by atoms with Crippen molar-refractivity contribution in [3.05, 3.63) is 59.7 Å². The van der Waals surface area contributed by atoms with Crippen LogP contribution in [0.3, 0.4) is 0 Å². The van der Waals surface area contributed by atoms with Gasteiger partial charge in [0.05, 0.1) is 26.9 Å². The van der Waals surface area contributed by atoms with Gasteiger partial charge in [-0.05, 0) is 41.8 Å². The monoisotopic (exact) mass is 455 g/mol. The van der Waals surface area contributed by atoms with Crippen molar-refractivity contribution >= 4 is 35.6 Å². The molecule has 0 aliphatic carbocycles. The molecule has 0 aliphatic rings. The van der Waals surface area contributed by atoms with Gasteiger partial charge in [0.15, 0.2) is 5.96 Å². The van der Waals surface area contributed by atoms with Crippen LogP contribution < -0.4 is 15.8 Å². The van der Waals surface area contributed by atoms with Gasteiger partial charge in [-0.2, -0.15) is 0 Å². The van der Waals surface area contributed by atoms with Crippen LogP contribution in [0.4, 0.5) is 5.69 Å². The fourth-order valence-corrected chi connectivity index (χ4v) is 2.15. The summed E-state index contributed by atoms with van der Waals surface area (Å²) in [6.45, 7) is 3.71. The Balaban J connectivity index is 0.00000312. The van der Waals surface area contributed by atoms with Gasteiger partial charge in [-0.25, -0.2) is 0 Å². The molecular formula is C19H26IN3O2. The molecule has 2 rings (SSSR count). The topological polar surface area (TPSA) is 68.9 Å². The van der Waals surface area contributed by atoms with E-state index in [4.69, 9.17) is 15.2 Å². The average Bonchev–Trinajstić information content (AvgIpc) is 2.62. The minimum Gasteiger partial charge on any atom is -0.497 e. The van der Waals surface area contributed by atoms with Gasteiger partial charge in [0.2, 0.25) is 0 Å². The van der Waals surface area contributed by atoms with Crippen molar-refractivity contribution in [1.82, 2.24) is 0 Å². The zero-order chi connectivity index (χ0) is 17.2. The maximum atomic E-state index is 5.87. The largest absolute Gasteiger partial charge is 0.497 e. The second-order valence-electron chi connectivity index (χ2n) is 5.34. The zero-order valence-electron chi connectivity index (χ0n) is 14.7. The number of methoxy groups -OCH3 is 1. The van der Waals surface area contributed by atoms with Gasteiger partial charge >= 0.3 is 0 Å². The van der Waals surface area contributed by atoms with Crippen molar-refractivity contribution in [3.8, 4) is 5.75 Å². The Bertz CT molecular complexity index is 643. The molecule has 0 spiro atoms. The van der Waals surface area contributed by atoms with Crippen LogP contribution in [0.15, 0.2) is 53.5 Å². The number of aliphatic imine (C=N–C) groups is 1. The number of aryl methyl sites for hydroxylation is 1. The fraction of sp³-hybridized carbons (Fsp3) is 0.316. The summed E-state index contributed by atoms with van der Waals surface area (Å²) in [4.78, 5) is 4.26. The Morgan fingerprint density at radius 1 is 1.04 bits per heavy atom. The fourth-order valence-electron chi connectivity index (χ4n) is 2.15. The number of anilines is 1. The van der Waals surface area contributed by atoms with E-state index in [9.17, 15) is 0 Å². The number of nitrogens with one attached hydrogen (secondary N) is 1. The van der Waals surface area contributed by atoms with Gasteiger partial charge in [-0.3, -0.25) is 4.99 Å². The number of rotatable bonds is 8. The standard InChI is InChI=1S/C19H25N3O2.HI/c1-3-15-4-8-17(9-5-15)22-19(20)21-12-13-24-14-16-6-10-18(23-2)11-7-16;/h4-11H,3,12-14H2,1-2H3,(H3,20,21,22);1H. The smallest absolute Gasteiger partial charge is 0.193 e. The first-order chi connectivity index (χ1) is 11.7. The molecule has 0 fully saturated rings. The molecule has 0 radical (unpaired) electrons. The van der Waals surface area contributed by atoms with Crippen molar-refractivity contribution in [2.45, 2.75) is 20.0 Å². The third-order valence-corrected chi connectivity index (χ3v) is 3.58. The second-order valence-corrected chi connectivity index (χ2v) is 5.34. The molecule has 25 heavy (non-hydrogen) atoms. The molecular weight excluding hydrogens is 429 g/mol. The number of halogens is 1. The Morgan fingerprint density at radius 2 is 1.68 bits per heavy atom. The highest BCUT2D eigenvalue weighted by atomic mass is 127. The molecule has 0 amide bonds. The Morgan fingerprint density at radius 3 is 2.28 bits per heavy atom. The molecule has 2 aromatic rings. The van der Waals surface area contributed by atoms with E-state index in [-0.39, 0.29) is 24.0 Å². The van der Waals surface area contributed by atoms with Crippen LogP contribution >= 0.6 is 24.0 Å². The number of guanidine groups is 1. The number of benzene rings is 2. The van der Waals surface area contributed by atoms with E-state index >= 15 is 0 Å². The number of nitrogens with zero attached hydrogens (tertiary/aromatic N) is 1. The summed E-state index contributed by atoms with van der Waals surface area (Å²) in [7, 11) is 1.65. The molecule has 6 heteroatoms. The third kappa shape index (κ3) is 7.74. The molecule has 0 heterocycles. The summed E-state index contributed by atoms with van der Waals surface area (Å²) in [5, 5.41) is 3.07. The maximum absolute atomic E-state index is 5.87. The normalized spacial score (nSPS) is 10.9. The molecule has 0 saturated heterocycles. The van der Waals surface area contributed by atoms with Crippen LogP contribution in [-0.2, 0) is 17.8 Å². The quantitative estimate of drug-likeness (QED) is 0.275. The van der Waals surface area contributed by atoms with Gasteiger partial charge in [0, 0.05) is 5.69 Å². The first kappa shape index (κ1) is 21.2. The minimum absolute atomic E-state index is 0. The molecule has 0 bridgehead atoms. The SMILES string of the molecule is CCc1ccc(NC(N)=NCCOCc2ccc(OC)cc2)cc1.I. The highest BCUT2D eigenvalue weighted by Crippen LogP contribution is 2.12. The first-order valence-electron chi connectivity index (χ1n) is 8.08. The van der Waals surface area contributed by atoms with E-state index in [1.165, 1.54) is 5.56 Å². The number of ether oxygens (including phenoxy) is 2. The lowest BCUT2D eigenvalue weighted by Crippen LogP contribution is -2.23. The molecule has 0 unspecified atom stereocenters. The van der Waals surface area contributed by atoms with Crippen LogP contribution in [0, 0.1) is 0 Å². The van der Waals surface area contributed by atoms with E-state index in [1.807, 2.05) is 36.4 Å². The van der Waals surface area contributed by atoms with Crippen molar-refractivity contribution in [2.75, 3.05) is 25.6 Å². The number of nitrogens with two attached hydrogens (primary N) is 1. The van der Waals surface area contributed by atoms with Gasteiger partial charge in [0.25, 0.3) is 0 Å². The van der Waals surface area contributed by atoms with E-state index < -0.39 is 0 Å². The van der Waals surface area contributed by atoms with E-state index in [2.05, 4.69) is 29.4 Å². The van der Waals surface area contributed by atoms with Gasteiger partial charge in [-0.1, -0.05) is 31.2 Å². The molecule has 3 N–H and O–H groups in total. The highest BCUT2D eigenvalue weighted by molar-refractivity contribution is 14.0. The Labute approximate surface area is 166 Å². The lowest BCUT2D eigenvalue weighted by atomic mass is 10.1. The van der Waals surface area contributed by atoms with Crippen molar-refractivity contribution < 1.29 is 9.47 Å². The predicted octanol–water partition coefficient (Wildman–Crippen LogP) is 3.82. The lowest BCUT2D eigenvalue weighted by molar-refractivity contribution is 0.128. The van der Waals surface area contributed by atoms with Gasteiger partial charge in [0.1, 0.15) is 5.75 Å². The molecule has 0 atom stereocenters. The summed E-state index contributed by atoms with van der Waals surface area (Å²) in [6, 6.07) is 16.0. The van der Waals surface area contributed by atoms with Gasteiger partial charge in [-0.15, -0.1) is 24.0 Å². The Kier molecular flexibility index (Phi) is 9.94. The van der Waals surface area contributed by atoms with E-state index in [0.717, 1.165) is 23.4 Å². The van der Waals surface area contributed by atoms with Gasteiger partial charge < -0.3 is 20.5 Å². The second kappa shape index (κ2) is 11.7. The molecule has 0 saturated carbocycles. The number of hydrogen-bond acceptors (Lipinski definition) is 3. The summed E-state index contributed by atoms with van der Waals surface area (Å²) in [5.41, 5.74) is 9.20. The molecule has 5 nitrogen and oxygen atoms in total. The average molecular weight is 455 g/mol. The van der Waals surface area contributed by atoms with Crippen LogP contribution in [-0.4, -0.2) is 26.2 Å². The molecule has 0 aromatic heterocycles. The van der Waals surface area contributed by atoms with Crippen LogP contribution in [0.1, 0.15) is 18.1 Å². The van der Waals surface area contributed by atoms with E-state index in [0.29, 0.717) is 25.7 Å². The summed E-state index contributed by atoms with van der Waals surface area (Å²) in [5.74, 6) is 1.24. The van der Waals surface area contributed by atoms with Crippen molar-refractivity contribution in [1.29, 1.82) is 0 Å². The van der Waals surface area contributed by atoms with Crippen LogP contribution in [0.5, 0.6) is 5.75 Å². The van der Waals surface area contributed by atoms with Crippen molar-refractivity contribution in [3.63, 3.8) is 0 Å². The Hall–Kier alpha value is -1.80. The van der Waals surface area contributed by atoms with Crippen molar-refractivity contribution in [2.24, 2.45) is 10.7 Å². The highest BCUT2D eigenvalue weighted by Gasteiger charge is 1.97. The number of hydrogen-bond donors (Lipinski definition) is 2. The molecule has 0 aliphatic heterocycles.